The van der Waals surface area contributed by atoms with Gasteiger partial charge in [-0.2, -0.15) is 0 Å². The molecule has 1 fully saturated rings. The number of benzene rings is 1. The van der Waals surface area contributed by atoms with Crippen molar-refractivity contribution >= 4 is 21.2 Å². The molecule has 1 heterocycles. The molecule has 8 heteroatoms. The second-order valence-electron chi connectivity index (χ2n) is 5.86. The Bertz CT molecular complexity index is 675. The second-order valence-corrected chi connectivity index (χ2v) is 7.85. The first-order chi connectivity index (χ1) is 10.3. The number of piperidine rings is 1. The summed E-state index contributed by atoms with van der Waals surface area (Å²) in [5.41, 5.74) is 5.80. The van der Waals surface area contributed by atoms with Gasteiger partial charge < -0.3 is 10.6 Å². The van der Waals surface area contributed by atoms with Crippen LogP contribution in [-0.4, -0.2) is 39.2 Å². The van der Waals surface area contributed by atoms with E-state index in [1.165, 1.54) is 6.07 Å². The molecule has 0 aromatic heterocycles. The molecular weight excluding hydrogens is 306 g/mol. The summed E-state index contributed by atoms with van der Waals surface area (Å²) in [7, 11) is -3.66. The minimum absolute atomic E-state index is 0.238. The van der Waals surface area contributed by atoms with Crippen LogP contribution in [0.5, 0.6) is 0 Å². The van der Waals surface area contributed by atoms with Crippen LogP contribution in [0.4, 0.5) is 11.4 Å². The van der Waals surface area contributed by atoms with Gasteiger partial charge in [-0.15, -0.1) is 0 Å². The van der Waals surface area contributed by atoms with E-state index >= 15 is 0 Å². The predicted molar refractivity (Wildman–Crippen MR) is 84.7 cm³/mol. The van der Waals surface area contributed by atoms with Crippen LogP contribution in [-0.2, 0) is 9.84 Å². The number of rotatable bonds is 4. The number of anilines is 1. The predicted octanol–water partition coefficient (Wildman–Crippen LogP) is 1.42. The number of nitro groups is 1. The maximum Gasteiger partial charge on any atom is 0.311 e. The molecule has 1 aromatic rings. The molecule has 1 aliphatic rings. The minimum atomic E-state index is -3.66. The lowest BCUT2D eigenvalue weighted by Gasteiger charge is -2.37. The van der Waals surface area contributed by atoms with Gasteiger partial charge in [0.15, 0.2) is 9.84 Å². The minimum Gasteiger partial charge on any atom is -0.366 e. The van der Waals surface area contributed by atoms with Gasteiger partial charge >= 0.3 is 5.69 Å². The van der Waals surface area contributed by atoms with E-state index in [2.05, 4.69) is 6.92 Å². The van der Waals surface area contributed by atoms with Gasteiger partial charge in [-0.25, -0.2) is 8.42 Å². The van der Waals surface area contributed by atoms with E-state index in [4.69, 9.17) is 5.73 Å². The molecule has 122 valence electrons. The van der Waals surface area contributed by atoms with Crippen molar-refractivity contribution in [3.8, 4) is 0 Å². The van der Waals surface area contributed by atoms with Crippen molar-refractivity contribution in [2.24, 2.45) is 17.6 Å². The van der Waals surface area contributed by atoms with Gasteiger partial charge in [-0.3, -0.25) is 10.1 Å². The maximum atomic E-state index is 11.8. The summed E-state index contributed by atoms with van der Waals surface area (Å²) in [5, 5.41) is 11.4. The molecule has 2 atom stereocenters. The van der Waals surface area contributed by atoms with Gasteiger partial charge in [-0.05, 0) is 36.9 Å². The summed E-state index contributed by atoms with van der Waals surface area (Å²) in [5.74, 6) is 0.702. The highest BCUT2D eigenvalue weighted by atomic mass is 32.2. The fourth-order valence-corrected chi connectivity index (χ4v) is 3.78. The maximum absolute atomic E-state index is 11.8. The van der Waals surface area contributed by atoms with Gasteiger partial charge in [0.25, 0.3) is 0 Å². The summed E-state index contributed by atoms with van der Waals surface area (Å²) in [6, 6.07) is 4.44. The van der Waals surface area contributed by atoms with Gasteiger partial charge in [-0.1, -0.05) is 13.0 Å². The highest BCUT2D eigenvalue weighted by Crippen LogP contribution is 2.37. The normalized spacial score (nSPS) is 22.6. The van der Waals surface area contributed by atoms with E-state index in [0.717, 1.165) is 12.7 Å². The van der Waals surface area contributed by atoms with Crippen molar-refractivity contribution < 1.29 is 13.3 Å². The molecule has 2 rings (SSSR count). The lowest BCUT2D eigenvalue weighted by Crippen LogP contribution is -2.43. The average molecular weight is 327 g/mol. The van der Waals surface area contributed by atoms with Crippen molar-refractivity contribution in [1.82, 2.24) is 0 Å². The zero-order chi connectivity index (χ0) is 16.5. The lowest BCUT2D eigenvalue weighted by molar-refractivity contribution is -0.387. The fraction of sp³-hybridized carbons (Fsp3) is 0.571. The third kappa shape index (κ3) is 3.22. The number of para-hydroxylation sites is 1. The first-order valence-corrected chi connectivity index (χ1v) is 9.07. The molecular formula is C14H21N3O4S. The van der Waals surface area contributed by atoms with E-state index in [0.29, 0.717) is 31.2 Å². The molecule has 7 nitrogen and oxygen atoms in total. The van der Waals surface area contributed by atoms with Crippen LogP contribution in [0.15, 0.2) is 23.1 Å². The Labute approximate surface area is 130 Å². The van der Waals surface area contributed by atoms with Crippen LogP contribution >= 0.6 is 0 Å². The number of nitrogens with two attached hydrogens (primary N) is 1. The van der Waals surface area contributed by atoms with E-state index in [1.807, 2.05) is 4.90 Å². The summed E-state index contributed by atoms with van der Waals surface area (Å²) in [4.78, 5) is 12.5. The molecule has 1 aromatic carbocycles. The lowest BCUT2D eigenvalue weighted by atomic mass is 9.87. The first kappa shape index (κ1) is 16.7. The third-order valence-electron chi connectivity index (χ3n) is 4.32. The van der Waals surface area contributed by atoms with Gasteiger partial charge in [0.05, 0.1) is 4.92 Å². The zero-order valence-electron chi connectivity index (χ0n) is 12.7. The SMILES string of the molecule is CC1CCN(c2cccc(S(C)(=O)=O)c2[N+](=O)[O-])CC1CN. The van der Waals surface area contributed by atoms with Gasteiger partial charge in [0, 0.05) is 19.3 Å². The quantitative estimate of drug-likeness (QED) is 0.662. The smallest absolute Gasteiger partial charge is 0.311 e. The van der Waals surface area contributed by atoms with Crippen molar-refractivity contribution in [3.05, 3.63) is 28.3 Å². The zero-order valence-corrected chi connectivity index (χ0v) is 13.5. The highest BCUT2D eigenvalue weighted by Gasteiger charge is 2.32. The molecule has 0 amide bonds. The van der Waals surface area contributed by atoms with E-state index in [1.54, 1.807) is 12.1 Å². The van der Waals surface area contributed by atoms with Crippen LogP contribution in [0.3, 0.4) is 0 Å². The number of nitro benzene ring substituents is 1. The number of nitrogens with zero attached hydrogens (tertiary/aromatic N) is 2. The van der Waals surface area contributed by atoms with E-state index < -0.39 is 14.8 Å². The standard InChI is InChI=1S/C14H21N3O4S/c1-10-6-7-16(9-11(10)8-15)12-4-3-5-13(22(2,20)21)14(12)17(18)19/h3-5,10-11H,6-9,15H2,1-2H3. The first-order valence-electron chi connectivity index (χ1n) is 7.18. The monoisotopic (exact) mass is 327 g/mol. The van der Waals surface area contributed by atoms with Gasteiger partial charge in [0.1, 0.15) is 10.6 Å². The van der Waals surface area contributed by atoms with Crippen LogP contribution < -0.4 is 10.6 Å². The molecule has 22 heavy (non-hydrogen) atoms. The van der Waals surface area contributed by atoms with Gasteiger partial charge in [0.2, 0.25) is 0 Å². The van der Waals surface area contributed by atoms with Crippen LogP contribution in [0.1, 0.15) is 13.3 Å². The van der Waals surface area contributed by atoms with E-state index in [9.17, 15) is 18.5 Å². The molecule has 1 saturated heterocycles. The van der Waals surface area contributed by atoms with Crippen molar-refractivity contribution in [2.45, 2.75) is 18.2 Å². The molecule has 2 N–H and O–H groups in total. The molecule has 0 bridgehead atoms. The average Bonchev–Trinajstić information content (AvgIpc) is 2.46. The summed E-state index contributed by atoms with van der Waals surface area (Å²) < 4.78 is 23.6. The van der Waals surface area contributed by atoms with Crippen LogP contribution in [0.2, 0.25) is 0 Å². The Balaban J connectivity index is 2.50. The van der Waals surface area contributed by atoms with Crippen LogP contribution in [0.25, 0.3) is 0 Å². The number of sulfone groups is 1. The Morgan fingerprint density at radius 2 is 2.14 bits per heavy atom. The summed E-state index contributed by atoms with van der Waals surface area (Å²) in [6.45, 7) is 3.89. The summed E-state index contributed by atoms with van der Waals surface area (Å²) >= 11 is 0. The Morgan fingerprint density at radius 1 is 1.45 bits per heavy atom. The Morgan fingerprint density at radius 3 is 2.68 bits per heavy atom. The molecule has 0 aliphatic carbocycles. The third-order valence-corrected chi connectivity index (χ3v) is 5.45. The van der Waals surface area contributed by atoms with Crippen LogP contribution in [0, 0.1) is 22.0 Å². The molecule has 0 radical (unpaired) electrons. The van der Waals surface area contributed by atoms with E-state index in [-0.39, 0.29) is 16.5 Å². The second kappa shape index (κ2) is 6.21. The molecule has 0 spiro atoms. The topological polar surface area (TPSA) is 107 Å². The Hall–Kier alpha value is -1.67. The number of hydrogen-bond donors (Lipinski definition) is 1. The van der Waals surface area contributed by atoms with Crippen molar-refractivity contribution in [3.63, 3.8) is 0 Å². The fourth-order valence-electron chi connectivity index (χ4n) is 2.92. The van der Waals surface area contributed by atoms with Crippen molar-refractivity contribution in [1.29, 1.82) is 0 Å². The number of hydrogen-bond acceptors (Lipinski definition) is 6. The molecule has 2 unspecified atom stereocenters. The summed E-state index contributed by atoms with van der Waals surface area (Å²) in [6.07, 6.45) is 1.86. The highest BCUT2D eigenvalue weighted by molar-refractivity contribution is 7.90. The largest absolute Gasteiger partial charge is 0.366 e. The Kier molecular flexibility index (Phi) is 4.72. The van der Waals surface area contributed by atoms with Crippen molar-refractivity contribution in [2.75, 3.05) is 30.8 Å². The molecule has 0 saturated carbocycles. The molecule has 1 aliphatic heterocycles.